The Balaban J connectivity index is 1.24. The van der Waals surface area contributed by atoms with Gasteiger partial charge in [-0.1, -0.05) is 13.8 Å². The van der Waals surface area contributed by atoms with Gasteiger partial charge in [-0.3, -0.25) is 0 Å². The Bertz CT molecular complexity index is 600. The van der Waals surface area contributed by atoms with Crippen molar-refractivity contribution in [2.75, 3.05) is 26.2 Å². The molecule has 27 heavy (non-hydrogen) atoms. The molecule has 2 aliphatic heterocycles. The summed E-state index contributed by atoms with van der Waals surface area (Å²) in [4.78, 5) is 14.6. The number of likely N-dealkylation sites (tertiary alicyclic amines) is 2. The topological polar surface area (TPSA) is 32.3 Å². The van der Waals surface area contributed by atoms with Crippen molar-refractivity contribution < 1.29 is 0 Å². The van der Waals surface area contributed by atoms with E-state index in [1.165, 1.54) is 70.3 Å². The Labute approximate surface area is 165 Å². The second-order valence-corrected chi connectivity index (χ2v) is 10.0. The normalized spacial score (nSPS) is 25.4. The fourth-order valence-corrected chi connectivity index (χ4v) is 5.58. The zero-order valence-corrected chi connectivity index (χ0v) is 17.8. The van der Waals surface area contributed by atoms with E-state index >= 15 is 0 Å². The molecule has 1 aliphatic carbocycles. The van der Waals surface area contributed by atoms with Crippen LogP contribution < -0.4 is 0 Å². The molecule has 3 fully saturated rings. The maximum atomic E-state index is 4.58. The molecular weight excluding hydrogens is 332 g/mol. The predicted octanol–water partition coefficient (Wildman–Crippen LogP) is 4.43. The molecule has 0 unspecified atom stereocenters. The summed E-state index contributed by atoms with van der Waals surface area (Å²) in [5.41, 5.74) is 2.04. The molecule has 0 bridgehead atoms. The van der Waals surface area contributed by atoms with Gasteiger partial charge in [-0.2, -0.15) is 0 Å². The Kier molecular flexibility index (Phi) is 5.57. The van der Waals surface area contributed by atoms with E-state index in [2.05, 4.69) is 59.9 Å². The van der Waals surface area contributed by atoms with Gasteiger partial charge in [0.25, 0.3) is 0 Å². The molecule has 4 heteroatoms. The molecule has 4 nitrogen and oxygen atoms in total. The lowest BCUT2D eigenvalue weighted by Gasteiger charge is -2.56. The van der Waals surface area contributed by atoms with Crippen LogP contribution >= 0.6 is 0 Å². The van der Waals surface area contributed by atoms with Crippen LogP contribution in [0.5, 0.6) is 0 Å². The molecule has 0 atom stereocenters. The summed E-state index contributed by atoms with van der Waals surface area (Å²) in [6.07, 6.45) is 12.5. The van der Waals surface area contributed by atoms with Crippen LogP contribution in [-0.4, -0.2) is 58.0 Å². The van der Waals surface area contributed by atoms with Crippen LogP contribution in [0.1, 0.15) is 89.4 Å². The molecular formula is C23H38N4. The number of hydrogen-bond acceptors (Lipinski definition) is 4. The van der Waals surface area contributed by atoms with Crippen LogP contribution in [0.2, 0.25) is 0 Å². The monoisotopic (exact) mass is 370 g/mol. The van der Waals surface area contributed by atoms with Crippen LogP contribution in [-0.2, 0) is 0 Å². The zero-order chi connectivity index (χ0) is 19.0. The molecule has 0 aromatic carbocycles. The molecule has 1 spiro atoms. The van der Waals surface area contributed by atoms with Crippen molar-refractivity contribution in [3.8, 4) is 0 Å². The first kappa shape index (κ1) is 19.3. The van der Waals surface area contributed by atoms with Gasteiger partial charge in [-0.05, 0) is 95.4 Å². The van der Waals surface area contributed by atoms with Gasteiger partial charge < -0.3 is 9.80 Å². The summed E-state index contributed by atoms with van der Waals surface area (Å²) in [6.45, 7) is 14.2. The third kappa shape index (κ3) is 4.07. The smallest absolute Gasteiger partial charge is 0.130 e. The molecule has 150 valence electrons. The van der Waals surface area contributed by atoms with E-state index in [1.807, 2.05) is 0 Å². The van der Waals surface area contributed by atoms with Crippen molar-refractivity contribution in [1.82, 2.24) is 19.8 Å². The highest BCUT2D eigenvalue weighted by Gasteiger charge is 2.48. The standard InChI is InChI=1S/C23H38N4/c1-17(2)22-24-15-20(16-25-22)19-5-9-27(10-6-19)21-13-23(14-21)7-11-26(12-8-23)18(3)4/h15-19,21H,5-14H2,1-4H3. The van der Waals surface area contributed by atoms with Crippen LogP contribution in [0.4, 0.5) is 0 Å². The van der Waals surface area contributed by atoms with Crippen molar-refractivity contribution in [2.45, 2.75) is 90.1 Å². The average molecular weight is 371 g/mol. The van der Waals surface area contributed by atoms with Crippen molar-refractivity contribution >= 4 is 0 Å². The Morgan fingerprint density at radius 3 is 2.04 bits per heavy atom. The van der Waals surface area contributed by atoms with Crippen molar-refractivity contribution in [3.63, 3.8) is 0 Å². The van der Waals surface area contributed by atoms with Gasteiger partial charge in [-0.15, -0.1) is 0 Å². The molecule has 4 rings (SSSR count). The highest BCUT2D eigenvalue weighted by Crippen LogP contribution is 2.51. The third-order valence-corrected chi connectivity index (χ3v) is 7.65. The first-order valence-corrected chi connectivity index (χ1v) is 11.3. The van der Waals surface area contributed by atoms with E-state index in [-0.39, 0.29) is 0 Å². The molecule has 0 amide bonds. The molecule has 0 radical (unpaired) electrons. The van der Waals surface area contributed by atoms with Gasteiger partial charge >= 0.3 is 0 Å². The lowest BCUT2D eigenvalue weighted by atomic mass is 9.59. The van der Waals surface area contributed by atoms with Gasteiger partial charge in [-0.25, -0.2) is 9.97 Å². The molecule has 2 saturated heterocycles. The zero-order valence-electron chi connectivity index (χ0n) is 17.8. The van der Waals surface area contributed by atoms with Crippen molar-refractivity contribution in [3.05, 3.63) is 23.8 Å². The van der Waals surface area contributed by atoms with Crippen LogP contribution in [0.25, 0.3) is 0 Å². The summed E-state index contributed by atoms with van der Waals surface area (Å²) >= 11 is 0. The number of hydrogen-bond donors (Lipinski definition) is 0. The number of aromatic nitrogens is 2. The Hall–Kier alpha value is -1.00. The maximum absolute atomic E-state index is 4.58. The predicted molar refractivity (Wildman–Crippen MR) is 111 cm³/mol. The van der Waals surface area contributed by atoms with E-state index in [4.69, 9.17) is 0 Å². The quantitative estimate of drug-likeness (QED) is 0.785. The van der Waals surface area contributed by atoms with Gasteiger partial charge in [0.15, 0.2) is 0 Å². The van der Waals surface area contributed by atoms with Crippen LogP contribution in [0.15, 0.2) is 12.4 Å². The summed E-state index contributed by atoms with van der Waals surface area (Å²) in [6, 6.07) is 1.58. The maximum Gasteiger partial charge on any atom is 0.130 e. The van der Waals surface area contributed by atoms with Crippen molar-refractivity contribution in [1.29, 1.82) is 0 Å². The first-order chi connectivity index (χ1) is 13.0. The second-order valence-electron chi connectivity index (χ2n) is 10.0. The third-order valence-electron chi connectivity index (χ3n) is 7.65. The van der Waals surface area contributed by atoms with E-state index < -0.39 is 0 Å². The second kappa shape index (κ2) is 7.79. The highest BCUT2D eigenvalue weighted by atomic mass is 15.2. The average Bonchev–Trinajstić information content (AvgIpc) is 2.66. The summed E-state index contributed by atoms with van der Waals surface area (Å²) in [5.74, 6) is 2.05. The van der Waals surface area contributed by atoms with E-state index in [0.29, 0.717) is 17.3 Å². The number of piperidine rings is 2. The Morgan fingerprint density at radius 1 is 0.926 bits per heavy atom. The van der Waals surface area contributed by atoms with Gasteiger partial charge in [0.05, 0.1) is 0 Å². The summed E-state index contributed by atoms with van der Waals surface area (Å²) < 4.78 is 0. The Morgan fingerprint density at radius 2 is 1.52 bits per heavy atom. The lowest BCUT2D eigenvalue weighted by molar-refractivity contribution is -0.0534. The van der Waals surface area contributed by atoms with Crippen molar-refractivity contribution in [2.24, 2.45) is 5.41 Å². The summed E-state index contributed by atoms with van der Waals surface area (Å²) in [7, 11) is 0. The molecule has 0 N–H and O–H groups in total. The van der Waals surface area contributed by atoms with Gasteiger partial charge in [0.2, 0.25) is 0 Å². The minimum absolute atomic E-state index is 0.416. The number of nitrogens with zero attached hydrogens (tertiary/aromatic N) is 4. The summed E-state index contributed by atoms with van der Waals surface area (Å²) in [5, 5.41) is 0. The van der Waals surface area contributed by atoms with E-state index in [1.54, 1.807) is 0 Å². The molecule has 1 aromatic rings. The SMILES string of the molecule is CC(C)c1ncc(C2CCN(C3CC4(CCN(C(C)C)CC4)C3)CC2)cn1. The van der Waals surface area contributed by atoms with Gasteiger partial charge in [0, 0.05) is 30.4 Å². The molecule has 1 aromatic heterocycles. The van der Waals surface area contributed by atoms with E-state index in [9.17, 15) is 0 Å². The number of rotatable bonds is 4. The van der Waals surface area contributed by atoms with E-state index in [0.717, 1.165) is 17.9 Å². The largest absolute Gasteiger partial charge is 0.301 e. The molecule has 3 heterocycles. The van der Waals surface area contributed by atoms with Crippen LogP contribution in [0.3, 0.4) is 0 Å². The highest BCUT2D eigenvalue weighted by molar-refractivity contribution is 5.14. The first-order valence-electron chi connectivity index (χ1n) is 11.3. The lowest BCUT2D eigenvalue weighted by Crippen LogP contribution is -2.56. The minimum Gasteiger partial charge on any atom is -0.301 e. The minimum atomic E-state index is 0.416. The fourth-order valence-electron chi connectivity index (χ4n) is 5.58. The molecule has 1 saturated carbocycles. The molecule has 3 aliphatic rings. The van der Waals surface area contributed by atoms with Crippen LogP contribution in [0, 0.1) is 5.41 Å². The van der Waals surface area contributed by atoms with Gasteiger partial charge in [0.1, 0.15) is 5.82 Å². The fraction of sp³-hybridized carbons (Fsp3) is 0.826.